The van der Waals surface area contributed by atoms with E-state index in [2.05, 4.69) is 21.9 Å². The number of aryl methyl sites for hydroxylation is 1. The normalized spacial score (nSPS) is 21.3. The van der Waals surface area contributed by atoms with E-state index in [4.69, 9.17) is 9.47 Å². The van der Waals surface area contributed by atoms with Crippen molar-refractivity contribution in [2.24, 2.45) is 0 Å². The van der Waals surface area contributed by atoms with E-state index in [1.54, 1.807) is 6.07 Å². The second kappa shape index (κ2) is 9.72. The van der Waals surface area contributed by atoms with Crippen molar-refractivity contribution >= 4 is 11.9 Å². The first kappa shape index (κ1) is 24.0. The van der Waals surface area contributed by atoms with Crippen LogP contribution in [0.15, 0.2) is 24.3 Å². The number of rotatable bonds is 6. The molecule has 7 heteroatoms. The van der Waals surface area contributed by atoms with Crippen molar-refractivity contribution in [1.82, 2.24) is 9.80 Å². The van der Waals surface area contributed by atoms with Gasteiger partial charge in [-0.1, -0.05) is 18.2 Å². The Labute approximate surface area is 206 Å². The summed E-state index contributed by atoms with van der Waals surface area (Å²) >= 11 is 0. The number of hydrogen-bond donors (Lipinski definition) is 1. The summed E-state index contributed by atoms with van der Waals surface area (Å²) in [5.74, 6) is -0.471. The van der Waals surface area contributed by atoms with Crippen LogP contribution in [0.2, 0.25) is 0 Å². The number of nitrogens with zero attached hydrogens (tertiary/aromatic N) is 2. The molecule has 3 aliphatic rings. The second-order valence-electron chi connectivity index (χ2n) is 10.2. The summed E-state index contributed by atoms with van der Waals surface area (Å²) in [6.45, 7) is 11.5. The van der Waals surface area contributed by atoms with Gasteiger partial charge in [-0.25, -0.2) is 9.59 Å². The van der Waals surface area contributed by atoms with Gasteiger partial charge < -0.3 is 19.5 Å². The number of fused-ring (bicyclic) bond motifs is 2. The zero-order chi connectivity index (χ0) is 24.7. The minimum atomic E-state index is -0.588. The lowest BCUT2D eigenvalue weighted by atomic mass is 9.92. The quantitative estimate of drug-likeness (QED) is 0.640. The summed E-state index contributed by atoms with van der Waals surface area (Å²) in [6, 6.07) is 7.95. The van der Waals surface area contributed by atoms with Gasteiger partial charge in [-0.3, -0.25) is 4.90 Å². The molecule has 1 saturated heterocycles. The van der Waals surface area contributed by atoms with Gasteiger partial charge in [0.05, 0.1) is 17.2 Å². The number of β-amino-alcohol motifs (C(OH)–C–C–N with tert-alkyl or cyclic N) is 1. The van der Waals surface area contributed by atoms with Crippen molar-refractivity contribution in [3.8, 4) is 0 Å². The Balaban J connectivity index is 1.13. The summed E-state index contributed by atoms with van der Waals surface area (Å²) in [5.41, 5.74) is 7.50. The van der Waals surface area contributed by atoms with E-state index in [9.17, 15) is 14.7 Å². The Morgan fingerprint density at radius 1 is 1.06 bits per heavy atom. The van der Waals surface area contributed by atoms with Crippen LogP contribution in [0.5, 0.6) is 0 Å². The van der Waals surface area contributed by atoms with Crippen LogP contribution in [0.1, 0.15) is 67.1 Å². The molecule has 3 heterocycles. The van der Waals surface area contributed by atoms with Crippen molar-refractivity contribution in [3.63, 3.8) is 0 Å². The number of aliphatic hydroxyl groups excluding tert-OH is 1. The average Bonchev–Trinajstić information content (AvgIpc) is 3.19. The highest BCUT2D eigenvalue weighted by Gasteiger charge is 2.28. The molecular weight excluding hydrogens is 444 g/mol. The zero-order valence-electron chi connectivity index (χ0n) is 20.8. The van der Waals surface area contributed by atoms with Gasteiger partial charge in [-0.15, -0.1) is 0 Å². The predicted molar refractivity (Wildman–Crippen MR) is 132 cm³/mol. The van der Waals surface area contributed by atoms with Crippen LogP contribution in [0.3, 0.4) is 0 Å². The number of esters is 2. The molecule has 0 amide bonds. The van der Waals surface area contributed by atoms with Crippen LogP contribution in [0.4, 0.5) is 0 Å². The molecule has 2 aromatic carbocycles. The van der Waals surface area contributed by atoms with Crippen LogP contribution in [0, 0.1) is 13.8 Å². The number of benzene rings is 2. The second-order valence-corrected chi connectivity index (χ2v) is 10.2. The molecule has 0 spiro atoms. The Morgan fingerprint density at radius 2 is 1.80 bits per heavy atom. The van der Waals surface area contributed by atoms with Crippen LogP contribution in [-0.2, 0) is 28.9 Å². The molecule has 3 aliphatic heterocycles. The number of aliphatic hydroxyl groups is 1. The lowest BCUT2D eigenvalue weighted by Crippen LogP contribution is -2.48. The fourth-order valence-corrected chi connectivity index (χ4v) is 5.69. The molecule has 0 radical (unpaired) electrons. The molecule has 5 rings (SSSR count). The summed E-state index contributed by atoms with van der Waals surface area (Å²) in [5, 5.41) is 10.9. The standard InChI is InChI=1S/C28H34N2O5/c1-17-12-20(14-21-13-18(2)35-28(33)26(17)21)6-7-29-8-10-30(11-9-29)15-25(31)22-4-5-23-24(19(22)3)16-34-27(23)32/h4-5,12,14,18,25,31H,6-11,13,15-16H2,1-3H3/t18-,25+/m1/s1. The molecule has 0 saturated carbocycles. The van der Waals surface area contributed by atoms with Gasteiger partial charge in [0, 0.05) is 51.3 Å². The lowest BCUT2D eigenvalue weighted by molar-refractivity contribution is 0.0299. The highest BCUT2D eigenvalue weighted by Crippen LogP contribution is 2.30. The van der Waals surface area contributed by atoms with Gasteiger partial charge >= 0.3 is 11.9 Å². The minimum Gasteiger partial charge on any atom is -0.459 e. The highest BCUT2D eigenvalue weighted by atomic mass is 16.5. The Kier molecular flexibility index (Phi) is 6.66. The van der Waals surface area contributed by atoms with Gasteiger partial charge in [0.2, 0.25) is 0 Å². The molecule has 35 heavy (non-hydrogen) atoms. The number of ether oxygens (including phenoxy) is 2. The summed E-state index contributed by atoms with van der Waals surface area (Å²) in [6.07, 6.45) is 1.08. The van der Waals surface area contributed by atoms with Gasteiger partial charge in [0.1, 0.15) is 12.7 Å². The van der Waals surface area contributed by atoms with E-state index in [0.29, 0.717) is 18.7 Å². The fraction of sp³-hybridized carbons (Fsp3) is 0.500. The maximum atomic E-state index is 12.2. The summed E-state index contributed by atoms with van der Waals surface area (Å²) in [4.78, 5) is 28.8. The molecule has 1 N–H and O–H groups in total. The summed E-state index contributed by atoms with van der Waals surface area (Å²) < 4.78 is 10.5. The first-order valence-corrected chi connectivity index (χ1v) is 12.6. The van der Waals surface area contributed by atoms with Crippen LogP contribution in [-0.4, -0.2) is 72.2 Å². The molecule has 186 valence electrons. The van der Waals surface area contributed by atoms with E-state index in [0.717, 1.165) is 78.9 Å². The monoisotopic (exact) mass is 478 g/mol. The van der Waals surface area contributed by atoms with E-state index in [1.165, 1.54) is 5.56 Å². The Bertz CT molecular complexity index is 1150. The largest absolute Gasteiger partial charge is 0.459 e. The minimum absolute atomic E-state index is 0.0653. The zero-order valence-corrected chi connectivity index (χ0v) is 20.8. The van der Waals surface area contributed by atoms with E-state index in [1.807, 2.05) is 26.8 Å². The van der Waals surface area contributed by atoms with Crippen LogP contribution < -0.4 is 0 Å². The molecule has 0 bridgehead atoms. The van der Waals surface area contributed by atoms with E-state index < -0.39 is 6.10 Å². The lowest BCUT2D eigenvalue weighted by Gasteiger charge is -2.36. The van der Waals surface area contributed by atoms with Gasteiger partial charge in [-0.05, 0) is 61.1 Å². The molecule has 0 aliphatic carbocycles. The molecule has 2 atom stereocenters. The van der Waals surface area contributed by atoms with Gasteiger partial charge in [-0.2, -0.15) is 0 Å². The topological polar surface area (TPSA) is 79.3 Å². The number of piperazine rings is 1. The van der Waals surface area contributed by atoms with Crippen molar-refractivity contribution in [2.75, 3.05) is 39.3 Å². The van der Waals surface area contributed by atoms with Crippen molar-refractivity contribution in [3.05, 3.63) is 68.8 Å². The molecule has 7 nitrogen and oxygen atoms in total. The third kappa shape index (κ3) is 4.85. The number of cyclic esters (lactones) is 2. The Morgan fingerprint density at radius 3 is 2.57 bits per heavy atom. The van der Waals surface area contributed by atoms with Gasteiger partial charge in [0.15, 0.2) is 0 Å². The molecular formula is C28H34N2O5. The predicted octanol–water partition coefficient (Wildman–Crippen LogP) is 2.97. The molecule has 0 aromatic heterocycles. The number of hydrogen-bond acceptors (Lipinski definition) is 7. The first-order valence-electron chi connectivity index (χ1n) is 12.6. The fourth-order valence-electron chi connectivity index (χ4n) is 5.69. The molecule has 1 fully saturated rings. The van der Waals surface area contributed by atoms with Crippen LogP contribution >= 0.6 is 0 Å². The third-order valence-corrected chi connectivity index (χ3v) is 7.68. The maximum absolute atomic E-state index is 12.2. The van der Waals surface area contributed by atoms with Crippen molar-refractivity contribution in [2.45, 2.75) is 52.4 Å². The average molecular weight is 479 g/mol. The number of carbonyl (C=O) groups excluding carboxylic acids is 2. The van der Waals surface area contributed by atoms with Crippen molar-refractivity contribution < 1.29 is 24.2 Å². The molecule has 0 unspecified atom stereocenters. The Hall–Kier alpha value is -2.74. The SMILES string of the molecule is Cc1cc(CCN2CCN(C[C@H](O)c3ccc4c(c3C)COC4=O)CC2)cc2c1C(=O)O[C@H](C)C2. The van der Waals surface area contributed by atoms with E-state index >= 15 is 0 Å². The first-order chi connectivity index (χ1) is 16.8. The maximum Gasteiger partial charge on any atom is 0.338 e. The van der Waals surface area contributed by atoms with Gasteiger partial charge in [0.25, 0.3) is 0 Å². The van der Waals surface area contributed by atoms with Crippen molar-refractivity contribution in [1.29, 1.82) is 0 Å². The van der Waals surface area contributed by atoms with Crippen LogP contribution in [0.25, 0.3) is 0 Å². The smallest absolute Gasteiger partial charge is 0.338 e. The van der Waals surface area contributed by atoms with E-state index in [-0.39, 0.29) is 18.0 Å². The third-order valence-electron chi connectivity index (χ3n) is 7.68. The highest BCUT2D eigenvalue weighted by molar-refractivity contribution is 5.94. The molecule has 2 aromatic rings. The summed E-state index contributed by atoms with van der Waals surface area (Å²) in [7, 11) is 0. The number of carbonyl (C=O) groups is 2.